The zero-order valence-corrected chi connectivity index (χ0v) is 13.5. The average molecular weight is 334 g/mol. The first-order valence-electron chi connectivity index (χ1n) is 6.81. The van der Waals surface area contributed by atoms with Crippen molar-refractivity contribution in [2.45, 2.75) is 19.4 Å². The van der Waals surface area contributed by atoms with Crippen molar-refractivity contribution in [1.29, 1.82) is 0 Å². The van der Waals surface area contributed by atoms with E-state index in [9.17, 15) is 0 Å². The summed E-state index contributed by atoms with van der Waals surface area (Å²) in [5.41, 5.74) is 2.62. The first-order valence-corrected chi connectivity index (χ1v) is 7.60. The van der Waals surface area contributed by atoms with Crippen molar-refractivity contribution in [1.82, 2.24) is 5.32 Å². The Hall–Kier alpha value is -1.32. The minimum atomic E-state index is 0.353. The second-order valence-corrected chi connectivity index (χ2v) is 5.74. The van der Waals surface area contributed by atoms with Gasteiger partial charge < -0.3 is 10.1 Å². The van der Waals surface area contributed by atoms with Crippen molar-refractivity contribution >= 4 is 15.9 Å². The molecule has 20 heavy (non-hydrogen) atoms. The molecule has 2 aromatic carbocycles. The fraction of sp³-hybridized carbons (Fsp3) is 0.294. The second-order valence-electron chi connectivity index (χ2n) is 4.83. The van der Waals surface area contributed by atoms with E-state index in [1.807, 2.05) is 18.2 Å². The zero-order chi connectivity index (χ0) is 14.4. The van der Waals surface area contributed by atoms with Gasteiger partial charge in [-0.1, -0.05) is 40.2 Å². The summed E-state index contributed by atoms with van der Waals surface area (Å²) in [5, 5.41) is 3.55. The highest BCUT2D eigenvalue weighted by Crippen LogP contribution is 2.18. The molecule has 0 aliphatic heterocycles. The van der Waals surface area contributed by atoms with Gasteiger partial charge in [0.05, 0.1) is 7.11 Å². The van der Waals surface area contributed by atoms with E-state index < -0.39 is 0 Å². The van der Waals surface area contributed by atoms with Gasteiger partial charge in [0.15, 0.2) is 0 Å². The number of methoxy groups -OCH3 is 1. The third-order valence-corrected chi connectivity index (χ3v) is 3.87. The fourth-order valence-corrected chi connectivity index (χ4v) is 2.54. The van der Waals surface area contributed by atoms with Crippen LogP contribution in [0, 0.1) is 0 Å². The van der Waals surface area contributed by atoms with Crippen molar-refractivity contribution in [3.63, 3.8) is 0 Å². The van der Waals surface area contributed by atoms with Gasteiger partial charge in [0.2, 0.25) is 0 Å². The molecule has 0 saturated heterocycles. The Morgan fingerprint density at radius 1 is 1.15 bits per heavy atom. The topological polar surface area (TPSA) is 21.3 Å². The van der Waals surface area contributed by atoms with Gasteiger partial charge in [0.25, 0.3) is 0 Å². The molecule has 0 radical (unpaired) electrons. The molecule has 2 aromatic rings. The van der Waals surface area contributed by atoms with Crippen LogP contribution in [-0.2, 0) is 6.42 Å². The molecule has 1 N–H and O–H groups in total. The van der Waals surface area contributed by atoms with Gasteiger partial charge >= 0.3 is 0 Å². The number of halogens is 1. The number of rotatable bonds is 6. The molecule has 0 aromatic heterocycles. The largest absolute Gasteiger partial charge is 0.497 e. The maximum Gasteiger partial charge on any atom is 0.118 e. The lowest BCUT2D eigenvalue weighted by Crippen LogP contribution is -2.21. The maximum atomic E-state index is 5.16. The summed E-state index contributed by atoms with van der Waals surface area (Å²) < 4.78 is 6.28. The average Bonchev–Trinajstić information content (AvgIpc) is 2.48. The smallest absolute Gasteiger partial charge is 0.118 e. The van der Waals surface area contributed by atoms with Crippen LogP contribution in [0.15, 0.2) is 53.0 Å². The minimum absolute atomic E-state index is 0.353. The SMILES string of the molecule is COc1ccc(CCN[C@@H](C)c2cccc(Br)c2)cc1. The van der Waals surface area contributed by atoms with Crippen molar-refractivity contribution in [2.24, 2.45) is 0 Å². The molecule has 106 valence electrons. The van der Waals surface area contributed by atoms with Crippen LogP contribution < -0.4 is 10.1 Å². The van der Waals surface area contributed by atoms with Crippen molar-refractivity contribution in [2.75, 3.05) is 13.7 Å². The van der Waals surface area contributed by atoms with Crippen LogP contribution in [0.5, 0.6) is 5.75 Å². The summed E-state index contributed by atoms with van der Waals surface area (Å²) in [6, 6.07) is 17.0. The van der Waals surface area contributed by atoms with Gasteiger partial charge in [-0.05, 0) is 55.3 Å². The zero-order valence-electron chi connectivity index (χ0n) is 11.9. The van der Waals surface area contributed by atoms with Crippen LogP contribution in [0.1, 0.15) is 24.1 Å². The van der Waals surface area contributed by atoms with Crippen molar-refractivity contribution < 1.29 is 4.74 Å². The Balaban J connectivity index is 1.82. The highest BCUT2D eigenvalue weighted by molar-refractivity contribution is 9.10. The molecule has 0 saturated carbocycles. The first-order chi connectivity index (χ1) is 9.69. The van der Waals surface area contributed by atoms with Gasteiger partial charge in [-0.15, -0.1) is 0 Å². The summed E-state index contributed by atoms with van der Waals surface area (Å²) in [6.07, 6.45) is 1.02. The van der Waals surface area contributed by atoms with Crippen LogP contribution >= 0.6 is 15.9 Å². The first kappa shape index (κ1) is 15.1. The van der Waals surface area contributed by atoms with Crippen LogP contribution in [0.2, 0.25) is 0 Å². The summed E-state index contributed by atoms with van der Waals surface area (Å²) in [4.78, 5) is 0. The number of hydrogen-bond donors (Lipinski definition) is 1. The van der Waals surface area contributed by atoms with E-state index >= 15 is 0 Å². The number of nitrogens with one attached hydrogen (secondary N) is 1. The van der Waals surface area contributed by atoms with Crippen LogP contribution in [0.3, 0.4) is 0 Å². The van der Waals surface area contributed by atoms with E-state index in [0.29, 0.717) is 6.04 Å². The molecule has 0 bridgehead atoms. The summed E-state index contributed by atoms with van der Waals surface area (Å²) >= 11 is 3.51. The number of ether oxygens (including phenoxy) is 1. The third-order valence-electron chi connectivity index (χ3n) is 3.37. The molecule has 0 spiro atoms. The van der Waals surface area contributed by atoms with Crippen LogP contribution in [0.25, 0.3) is 0 Å². The van der Waals surface area contributed by atoms with E-state index in [2.05, 4.69) is 58.5 Å². The van der Waals surface area contributed by atoms with Gasteiger partial charge in [0.1, 0.15) is 5.75 Å². The quantitative estimate of drug-likeness (QED) is 0.848. The molecule has 0 heterocycles. The maximum absolute atomic E-state index is 5.16. The number of benzene rings is 2. The van der Waals surface area contributed by atoms with Crippen molar-refractivity contribution in [3.8, 4) is 5.75 Å². The van der Waals surface area contributed by atoms with Gasteiger partial charge in [0, 0.05) is 10.5 Å². The Morgan fingerprint density at radius 2 is 1.90 bits per heavy atom. The lowest BCUT2D eigenvalue weighted by molar-refractivity contribution is 0.414. The monoisotopic (exact) mass is 333 g/mol. The molecule has 3 heteroatoms. The molecule has 0 amide bonds. The molecule has 2 rings (SSSR count). The molecular weight excluding hydrogens is 314 g/mol. The molecular formula is C17H20BrNO. The fourth-order valence-electron chi connectivity index (χ4n) is 2.12. The Morgan fingerprint density at radius 3 is 2.55 bits per heavy atom. The number of hydrogen-bond acceptors (Lipinski definition) is 2. The molecule has 1 atom stereocenters. The van der Waals surface area contributed by atoms with E-state index in [1.54, 1.807) is 7.11 Å². The standard InChI is InChI=1S/C17H20BrNO/c1-13(15-4-3-5-16(18)12-15)19-11-10-14-6-8-17(20-2)9-7-14/h3-9,12-13,19H,10-11H2,1-2H3/t13-/m0/s1. The highest BCUT2D eigenvalue weighted by Gasteiger charge is 2.04. The molecule has 2 nitrogen and oxygen atoms in total. The van der Waals surface area contributed by atoms with E-state index in [-0.39, 0.29) is 0 Å². The van der Waals surface area contributed by atoms with Crippen molar-refractivity contribution in [3.05, 3.63) is 64.1 Å². The predicted molar refractivity (Wildman–Crippen MR) is 87.3 cm³/mol. The van der Waals surface area contributed by atoms with E-state index in [1.165, 1.54) is 11.1 Å². The lowest BCUT2D eigenvalue weighted by Gasteiger charge is -2.14. The van der Waals surface area contributed by atoms with Crippen LogP contribution in [0.4, 0.5) is 0 Å². The molecule has 0 aliphatic carbocycles. The predicted octanol–water partition coefficient (Wildman–Crippen LogP) is 4.35. The highest BCUT2D eigenvalue weighted by atomic mass is 79.9. The van der Waals surface area contributed by atoms with Gasteiger partial charge in [-0.3, -0.25) is 0 Å². The summed E-state index contributed by atoms with van der Waals surface area (Å²) in [7, 11) is 1.69. The molecule has 0 fully saturated rings. The summed E-state index contributed by atoms with van der Waals surface area (Å²) in [5.74, 6) is 0.907. The third kappa shape index (κ3) is 4.36. The second kappa shape index (κ2) is 7.46. The Kier molecular flexibility index (Phi) is 5.62. The van der Waals surface area contributed by atoms with Crippen LogP contribution in [-0.4, -0.2) is 13.7 Å². The lowest BCUT2D eigenvalue weighted by atomic mass is 10.1. The van der Waals surface area contributed by atoms with E-state index in [0.717, 1.165) is 23.2 Å². The normalized spacial score (nSPS) is 12.2. The Labute approximate surface area is 129 Å². The molecule has 0 unspecified atom stereocenters. The Bertz CT molecular complexity index is 539. The van der Waals surface area contributed by atoms with E-state index in [4.69, 9.17) is 4.74 Å². The molecule has 0 aliphatic rings. The summed E-state index contributed by atoms with van der Waals surface area (Å²) in [6.45, 7) is 3.15. The minimum Gasteiger partial charge on any atom is -0.497 e. The van der Waals surface area contributed by atoms with Gasteiger partial charge in [-0.2, -0.15) is 0 Å². The van der Waals surface area contributed by atoms with Gasteiger partial charge in [-0.25, -0.2) is 0 Å².